The van der Waals surface area contributed by atoms with Crippen LogP contribution in [0.15, 0.2) is 5.34 Å². The first-order chi connectivity index (χ1) is 4.88. The molecular weight excluding hydrogens is 183 g/mol. The predicted molar refractivity (Wildman–Crippen MR) is 35.3 cm³/mol. The molecule has 0 saturated heterocycles. The third kappa shape index (κ3) is 3620. The number of hydrogen-bond acceptors (Lipinski definition) is 6. The minimum absolute atomic E-state index is 0. The second-order valence-electron chi connectivity index (χ2n) is 1.41. The minimum atomic E-state index is -1.50. The molecule has 68 valence electrons. The smallest absolute Gasteiger partial charge is 0.444 e. The summed E-state index contributed by atoms with van der Waals surface area (Å²) in [7, 11) is 0. The molecule has 0 aromatic rings. The van der Waals surface area contributed by atoms with E-state index in [1.165, 1.54) is 0 Å². The molecular formula is C3H9N2NaO6. The fourth-order valence-electron chi connectivity index (χ4n) is 0. The van der Waals surface area contributed by atoms with Gasteiger partial charge in [0.25, 0.3) is 5.09 Å². The van der Waals surface area contributed by atoms with Crippen LogP contribution in [-0.2, 0) is 0 Å². The summed E-state index contributed by atoms with van der Waals surface area (Å²) < 4.78 is 0. The number of aliphatic hydroxyl groups excluding tert-OH is 1. The largest absolute Gasteiger partial charge is 1.00 e. The summed E-state index contributed by atoms with van der Waals surface area (Å²) in [6, 6.07) is 0. The first kappa shape index (κ1) is 22.6. The van der Waals surface area contributed by atoms with Crippen molar-refractivity contribution in [2.24, 2.45) is 5.34 Å². The van der Waals surface area contributed by atoms with Gasteiger partial charge in [0.1, 0.15) is 0 Å². The van der Waals surface area contributed by atoms with Crippen molar-refractivity contribution in [2.45, 2.75) is 20.0 Å². The first-order valence-electron chi connectivity index (χ1n) is 2.34. The molecule has 0 fully saturated rings. The van der Waals surface area contributed by atoms with Crippen LogP contribution in [0.3, 0.4) is 0 Å². The van der Waals surface area contributed by atoms with Gasteiger partial charge in [0.2, 0.25) is 0 Å². The van der Waals surface area contributed by atoms with Gasteiger partial charge in [0.05, 0.1) is 0 Å². The van der Waals surface area contributed by atoms with Gasteiger partial charge in [-0.05, 0) is 13.8 Å². The second kappa shape index (κ2) is 22.4. The van der Waals surface area contributed by atoms with Gasteiger partial charge in [-0.2, -0.15) is 0 Å². The number of aliphatic hydroxyl groups is 1. The maximum absolute atomic E-state index is 8.36. The van der Waals surface area contributed by atoms with Gasteiger partial charge in [-0.25, -0.2) is 0 Å². The summed E-state index contributed by atoms with van der Waals surface area (Å²) in [6.07, 6.45) is -0.167. The average molecular weight is 192 g/mol. The summed E-state index contributed by atoms with van der Waals surface area (Å²) in [6.45, 7) is 3.44. The van der Waals surface area contributed by atoms with E-state index in [0.717, 1.165) is 5.34 Å². The van der Waals surface area contributed by atoms with E-state index < -0.39 is 5.09 Å². The maximum atomic E-state index is 8.36. The van der Waals surface area contributed by atoms with Crippen molar-refractivity contribution in [1.82, 2.24) is 0 Å². The summed E-state index contributed by atoms with van der Waals surface area (Å²) >= 11 is 0. The molecule has 0 aliphatic rings. The fraction of sp³-hybridized carbons (Fsp3) is 1.00. The Morgan fingerprint density at radius 1 is 1.50 bits per heavy atom. The molecule has 0 unspecified atom stereocenters. The molecule has 9 heteroatoms. The topological polar surface area (TPSA) is 136 Å². The first-order valence-corrected chi connectivity index (χ1v) is 2.34. The number of nitrogens with zero attached hydrogens (tertiary/aromatic N) is 2. The molecule has 0 rings (SSSR count). The van der Waals surface area contributed by atoms with Gasteiger partial charge in [0.15, 0.2) is 0 Å². The van der Waals surface area contributed by atoms with Gasteiger partial charge in [0, 0.05) is 6.10 Å². The molecule has 2 N–H and O–H groups in total. The van der Waals surface area contributed by atoms with Crippen LogP contribution in [0.1, 0.15) is 13.8 Å². The van der Waals surface area contributed by atoms with Gasteiger partial charge in [-0.15, -0.1) is 15.5 Å². The van der Waals surface area contributed by atoms with Crippen molar-refractivity contribution >= 4 is 0 Å². The minimum Gasteiger partial charge on any atom is -0.444 e. The quantitative estimate of drug-likeness (QED) is 0.185. The molecule has 0 aliphatic heterocycles. The van der Waals surface area contributed by atoms with E-state index in [1.54, 1.807) is 13.8 Å². The van der Waals surface area contributed by atoms with Crippen LogP contribution < -0.4 is 29.6 Å². The van der Waals surface area contributed by atoms with E-state index in [9.17, 15) is 0 Å². The van der Waals surface area contributed by atoms with Gasteiger partial charge in [-0.3, -0.25) is 0 Å². The summed E-state index contributed by atoms with van der Waals surface area (Å²) in [5.74, 6) is 0. The monoisotopic (exact) mass is 192 g/mol. The van der Waals surface area contributed by atoms with Gasteiger partial charge >= 0.3 is 29.6 Å². The molecule has 0 amide bonds. The Morgan fingerprint density at radius 3 is 1.50 bits per heavy atom. The zero-order valence-corrected chi connectivity index (χ0v) is 9.00. The van der Waals surface area contributed by atoms with E-state index >= 15 is 0 Å². The van der Waals surface area contributed by atoms with Crippen molar-refractivity contribution in [2.75, 3.05) is 0 Å². The third-order valence-electron chi connectivity index (χ3n) is 0. The molecule has 0 aromatic heterocycles. The van der Waals surface area contributed by atoms with E-state index in [1.807, 2.05) is 0 Å². The molecule has 0 aliphatic carbocycles. The van der Waals surface area contributed by atoms with Crippen LogP contribution >= 0.6 is 0 Å². The van der Waals surface area contributed by atoms with E-state index in [4.69, 9.17) is 30.5 Å². The molecule has 0 atom stereocenters. The zero-order valence-electron chi connectivity index (χ0n) is 7.00. The van der Waals surface area contributed by atoms with Crippen molar-refractivity contribution < 1.29 is 45.0 Å². The van der Waals surface area contributed by atoms with Crippen molar-refractivity contribution in [3.05, 3.63) is 20.2 Å². The molecule has 0 aromatic carbocycles. The van der Waals surface area contributed by atoms with Crippen molar-refractivity contribution in [3.63, 3.8) is 0 Å². The van der Waals surface area contributed by atoms with Crippen LogP contribution in [0.25, 0.3) is 0 Å². The van der Waals surface area contributed by atoms with Crippen LogP contribution in [0, 0.1) is 20.2 Å². The summed E-state index contributed by atoms with van der Waals surface area (Å²) in [5.41, 5.74) is 0. The normalized spacial score (nSPS) is 6.00. The Bertz CT molecular complexity index is 92.0. The van der Waals surface area contributed by atoms with Gasteiger partial charge in [-0.1, -0.05) is 0 Å². The predicted octanol–water partition coefficient (Wildman–Crippen LogP) is -2.71. The zero-order chi connectivity index (χ0) is 9.86. The summed E-state index contributed by atoms with van der Waals surface area (Å²) in [5, 5.41) is 30.7. The fourth-order valence-corrected chi connectivity index (χ4v) is 0. The SMILES string of the molecule is CC(C)O.O=N[O-].O=[N+]([O-])O.[Na+]. The van der Waals surface area contributed by atoms with Crippen LogP contribution in [-0.4, -0.2) is 21.5 Å². The molecule has 8 nitrogen and oxygen atoms in total. The molecule has 0 radical (unpaired) electrons. The molecule has 0 bridgehead atoms. The molecule has 0 heterocycles. The number of rotatable bonds is 0. The third-order valence-corrected chi connectivity index (χ3v) is 0. The van der Waals surface area contributed by atoms with Crippen LogP contribution in [0.5, 0.6) is 0 Å². The average Bonchev–Trinajstić information content (AvgIpc) is 1.60. The van der Waals surface area contributed by atoms with E-state index in [2.05, 4.69) is 0 Å². The summed E-state index contributed by atoms with van der Waals surface area (Å²) in [4.78, 5) is 16.4. The van der Waals surface area contributed by atoms with Crippen molar-refractivity contribution in [1.29, 1.82) is 0 Å². The van der Waals surface area contributed by atoms with Crippen LogP contribution in [0.2, 0.25) is 0 Å². The molecule has 0 saturated carbocycles. The van der Waals surface area contributed by atoms with Gasteiger partial charge < -0.3 is 20.4 Å². The second-order valence-corrected chi connectivity index (χ2v) is 1.41. The van der Waals surface area contributed by atoms with E-state index in [0.29, 0.717) is 0 Å². The Balaban J connectivity index is -0.0000000389. The maximum Gasteiger partial charge on any atom is 1.00 e. The van der Waals surface area contributed by atoms with E-state index in [-0.39, 0.29) is 35.7 Å². The Kier molecular flexibility index (Phi) is 42.2. The Morgan fingerprint density at radius 2 is 1.50 bits per heavy atom. The van der Waals surface area contributed by atoms with Crippen molar-refractivity contribution in [3.8, 4) is 0 Å². The molecule has 12 heavy (non-hydrogen) atoms. The molecule has 0 spiro atoms. The Labute approximate surface area is 90.5 Å². The Hall–Kier alpha value is -0.440. The van der Waals surface area contributed by atoms with Crippen LogP contribution in [0.4, 0.5) is 0 Å². The standard InChI is InChI=1S/C3H8O.HNO3.HNO2.Na/c1-3(2)4;2-1(3)4;2-1-3;/h3-4H,1-2H3;(H,2,3,4);(H,2,3);/q;;;+1/p-1. The number of hydrogen-bond donors (Lipinski definition) is 2.